The fraction of sp³-hybridized carbons (Fsp3) is 0.214. The number of aromatic amines is 1. The molecule has 0 aliphatic carbocycles. The Kier molecular flexibility index (Phi) is 4.93. The predicted molar refractivity (Wildman–Crippen MR) is 93.7 cm³/mol. The Labute approximate surface area is 150 Å². The summed E-state index contributed by atoms with van der Waals surface area (Å²) in [5, 5.41) is 11.4. The van der Waals surface area contributed by atoms with Gasteiger partial charge in [-0.15, -0.1) is 0 Å². The molecule has 0 spiro atoms. The van der Waals surface area contributed by atoms with Crippen LogP contribution in [0, 0.1) is 0 Å². The molecule has 0 unspecified atom stereocenters. The third-order valence-corrected chi connectivity index (χ3v) is 4.65. The van der Waals surface area contributed by atoms with E-state index in [-0.39, 0.29) is 23.5 Å². The number of imidazole rings is 1. The number of amides is 1. The van der Waals surface area contributed by atoms with Gasteiger partial charge >= 0.3 is 5.97 Å². The number of fused-ring (bicyclic) bond motifs is 1. The van der Waals surface area contributed by atoms with E-state index in [0.29, 0.717) is 22.6 Å². The van der Waals surface area contributed by atoms with Crippen molar-refractivity contribution in [3.8, 4) is 0 Å². The highest BCUT2D eigenvalue weighted by atomic mass is 32.2. The third kappa shape index (κ3) is 3.69. The first-order valence-corrected chi connectivity index (χ1v) is 8.36. The van der Waals surface area contributed by atoms with Gasteiger partial charge in [-0.1, -0.05) is 18.7 Å². The van der Waals surface area contributed by atoms with Crippen molar-refractivity contribution in [2.45, 2.75) is 23.6 Å². The van der Waals surface area contributed by atoms with E-state index in [9.17, 15) is 9.59 Å². The highest BCUT2D eigenvalue weighted by Gasteiger charge is 2.22. The number of aromatic nitrogens is 6. The number of hydrogen-bond acceptors (Lipinski definition) is 9. The van der Waals surface area contributed by atoms with Gasteiger partial charge in [0.05, 0.1) is 11.6 Å². The lowest BCUT2D eigenvalue weighted by Gasteiger charge is -2.14. The minimum Gasteiger partial charge on any atom is -0.477 e. The maximum atomic E-state index is 12.5. The second-order valence-corrected chi connectivity index (χ2v) is 6.25. The molecular formula is C14H14N8O3S. The van der Waals surface area contributed by atoms with Crippen molar-refractivity contribution in [1.82, 2.24) is 29.9 Å². The zero-order chi connectivity index (χ0) is 18.7. The SMILES string of the molecule is CC[C@H](Sc1nc(N)nc2nc[nH]c12)C(=O)Nc1nccc(C(=O)O)n1. The smallest absolute Gasteiger partial charge is 0.354 e. The Balaban J connectivity index is 1.80. The molecular weight excluding hydrogens is 360 g/mol. The molecule has 1 atom stereocenters. The second-order valence-electron chi connectivity index (χ2n) is 5.06. The number of carboxylic acids is 1. The van der Waals surface area contributed by atoms with Crippen LogP contribution in [-0.4, -0.2) is 52.1 Å². The van der Waals surface area contributed by atoms with Crippen molar-refractivity contribution in [2.24, 2.45) is 0 Å². The Bertz CT molecular complexity index is 976. The maximum Gasteiger partial charge on any atom is 0.354 e. The van der Waals surface area contributed by atoms with E-state index in [0.717, 1.165) is 0 Å². The van der Waals surface area contributed by atoms with Gasteiger partial charge in [-0.05, 0) is 12.5 Å². The fourth-order valence-corrected chi connectivity index (χ4v) is 3.11. The molecule has 1 amide bonds. The second kappa shape index (κ2) is 7.31. The number of thioether (sulfide) groups is 1. The zero-order valence-electron chi connectivity index (χ0n) is 13.5. The minimum absolute atomic E-state index is 0.0554. The van der Waals surface area contributed by atoms with Gasteiger partial charge < -0.3 is 15.8 Å². The van der Waals surface area contributed by atoms with Crippen molar-refractivity contribution in [1.29, 1.82) is 0 Å². The van der Waals surface area contributed by atoms with Gasteiger partial charge in [0.15, 0.2) is 11.3 Å². The first-order valence-electron chi connectivity index (χ1n) is 7.48. The number of nitrogens with two attached hydrogens (primary N) is 1. The summed E-state index contributed by atoms with van der Waals surface area (Å²) >= 11 is 1.19. The molecule has 0 saturated carbocycles. The lowest BCUT2D eigenvalue weighted by Crippen LogP contribution is -2.26. The van der Waals surface area contributed by atoms with Crippen molar-refractivity contribution in [3.05, 3.63) is 24.3 Å². The molecule has 0 saturated heterocycles. The van der Waals surface area contributed by atoms with E-state index in [1.165, 1.54) is 30.4 Å². The number of carbonyl (C=O) groups excluding carboxylic acids is 1. The molecule has 3 heterocycles. The molecule has 3 aromatic rings. The van der Waals surface area contributed by atoms with Gasteiger partial charge in [0.25, 0.3) is 0 Å². The minimum atomic E-state index is -1.21. The lowest BCUT2D eigenvalue weighted by molar-refractivity contribution is -0.115. The van der Waals surface area contributed by atoms with Crippen LogP contribution in [0.2, 0.25) is 0 Å². The van der Waals surface area contributed by atoms with E-state index in [1.54, 1.807) is 0 Å². The largest absolute Gasteiger partial charge is 0.477 e. The van der Waals surface area contributed by atoms with Crippen LogP contribution in [0.3, 0.4) is 0 Å². The van der Waals surface area contributed by atoms with Crippen molar-refractivity contribution in [3.63, 3.8) is 0 Å². The normalized spacial score (nSPS) is 12.0. The number of carbonyl (C=O) groups is 2. The number of hydrogen-bond donors (Lipinski definition) is 4. The number of H-pyrrole nitrogens is 1. The highest BCUT2D eigenvalue weighted by molar-refractivity contribution is 8.00. The molecule has 12 heteroatoms. The average molecular weight is 374 g/mol. The number of anilines is 2. The number of nitrogens with zero attached hydrogens (tertiary/aromatic N) is 5. The van der Waals surface area contributed by atoms with Crippen molar-refractivity contribution >= 4 is 46.7 Å². The highest BCUT2D eigenvalue weighted by Crippen LogP contribution is 2.29. The van der Waals surface area contributed by atoms with Crippen LogP contribution in [0.1, 0.15) is 23.8 Å². The lowest BCUT2D eigenvalue weighted by atomic mass is 10.3. The summed E-state index contributed by atoms with van der Waals surface area (Å²) in [6.07, 6.45) is 3.21. The van der Waals surface area contributed by atoms with Gasteiger partial charge in [0.1, 0.15) is 10.5 Å². The average Bonchev–Trinajstić information content (AvgIpc) is 3.07. The molecule has 134 valence electrons. The standard InChI is InChI=1S/C14H14N8O3S/c1-2-7(10(23)21-14-16-4-3-6(19-14)12(24)25)26-11-8-9(18-5-17-8)20-13(15)22-11/h3-5,7H,2H2,1H3,(H,24,25)(H,16,19,21,23)(H3,15,17,18,20,22)/t7-/m0/s1. The van der Waals surface area contributed by atoms with Crippen LogP contribution >= 0.6 is 11.8 Å². The monoisotopic (exact) mass is 374 g/mol. The molecule has 5 N–H and O–H groups in total. The van der Waals surface area contributed by atoms with Gasteiger partial charge in [-0.2, -0.15) is 4.98 Å². The molecule has 26 heavy (non-hydrogen) atoms. The first-order chi connectivity index (χ1) is 12.5. The number of nitrogens with one attached hydrogen (secondary N) is 2. The number of rotatable bonds is 6. The summed E-state index contributed by atoms with van der Waals surface area (Å²) in [6, 6.07) is 1.24. The van der Waals surface area contributed by atoms with Crippen LogP contribution in [0.25, 0.3) is 11.2 Å². The Morgan fingerprint density at radius 2 is 2.15 bits per heavy atom. The Morgan fingerprint density at radius 3 is 2.88 bits per heavy atom. The fourth-order valence-electron chi connectivity index (χ4n) is 2.09. The molecule has 3 rings (SSSR count). The van der Waals surface area contributed by atoms with Crippen LogP contribution < -0.4 is 11.1 Å². The number of nitrogen functional groups attached to an aromatic ring is 1. The van der Waals surface area contributed by atoms with E-state index < -0.39 is 11.2 Å². The molecule has 11 nitrogen and oxygen atoms in total. The van der Waals surface area contributed by atoms with Crippen LogP contribution in [0.4, 0.5) is 11.9 Å². The zero-order valence-corrected chi connectivity index (χ0v) is 14.3. The maximum absolute atomic E-state index is 12.5. The Hall–Kier alpha value is -3.28. The molecule has 3 aromatic heterocycles. The van der Waals surface area contributed by atoms with E-state index in [1.807, 2.05) is 6.92 Å². The first kappa shape index (κ1) is 17.5. The van der Waals surface area contributed by atoms with Gasteiger partial charge in [-0.25, -0.2) is 24.7 Å². The van der Waals surface area contributed by atoms with Crippen molar-refractivity contribution in [2.75, 3.05) is 11.1 Å². The van der Waals surface area contributed by atoms with E-state index >= 15 is 0 Å². The van der Waals surface area contributed by atoms with Gasteiger partial charge in [0, 0.05) is 6.20 Å². The van der Waals surface area contributed by atoms with E-state index in [2.05, 4.69) is 35.2 Å². The van der Waals surface area contributed by atoms with Gasteiger partial charge in [-0.3, -0.25) is 10.1 Å². The molecule has 0 bridgehead atoms. The van der Waals surface area contributed by atoms with Crippen LogP contribution in [0.5, 0.6) is 0 Å². The van der Waals surface area contributed by atoms with Crippen LogP contribution in [0.15, 0.2) is 23.6 Å². The summed E-state index contributed by atoms with van der Waals surface area (Å²) < 4.78 is 0. The molecule has 0 aliphatic heterocycles. The topological polar surface area (TPSA) is 173 Å². The summed E-state index contributed by atoms with van der Waals surface area (Å²) in [6.45, 7) is 1.83. The van der Waals surface area contributed by atoms with Gasteiger partial charge in [0.2, 0.25) is 17.8 Å². The Morgan fingerprint density at radius 1 is 1.35 bits per heavy atom. The molecule has 0 aliphatic rings. The molecule has 0 aromatic carbocycles. The summed E-state index contributed by atoms with van der Waals surface area (Å²) in [4.78, 5) is 46.2. The molecule has 0 radical (unpaired) electrons. The summed E-state index contributed by atoms with van der Waals surface area (Å²) in [7, 11) is 0. The van der Waals surface area contributed by atoms with E-state index in [4.69, 9.17) is 10.8 Å². The molecule has 0 fully saturated rings. The third-order valence-electron chi connectivity index (χ3n) is 3.30. The van der Waals surface area contributed by atoms with Crippen LogP contribution in [-0.2, 0) is 4.79 Å². The predicted octanol–water partition coefficient (Wildman–Crippen LogP) is 0.933. The summed E-state index contributed by atoms with van der Waals surface area (Å²) in [5.41, 5.74) is 6.46. The number of aromatic carboxylic acids is 1. The number of carboxylic acid groups (broad SMARTS) is 1. The summed E-state index contributed by atoms with van der Waals surface area (Å²) in [5.74, 6) is -1.62. The quantitative estimate of drug-likeness (QED) is 0.359. The van der Waals surface area contributed by atoms with Crippen molar-refractivity contribution < 1.29 is 14.7 Å².